The van der Waals surface area contributed by atoms with Crippen molar-refractivity contribution < 1.29 is 14.8 Å². The summed E-state index contributed by atoms with van der Waals surface area (Å²) < 4.78 is 0. The summed E-state index contributed by atoms with van der Waals surface area (Å²) in [5.74, 6) is -1.05. The number of non-ortho nitro benzene ring substituents is 1. The maximum atomic E-state index is 11.6. The molecule has 0 saturated carbocycles. The van der Waals surface area contributed by atoms with E-state index in [2.05, 4.69) is 4.99 Å². The maximum Gasteiger partial charge on any atom is 0.270 e. The molecule has 0 aromatic heterocycles. The second kappa shape index (κ2) is 5.83. The average molecular weight is 284 g/mol. The highest BCUT2D eigenvalue weighted by atomic mass is 16.6. The number of hydrogen-bond donors (Lipinski definition) is 1. The largest absolute Gasteiger partial charge is 0.872 e. The molecule has 0 radical (unpaired) electrons. The summed E-state index contributed by atoms with van der Waals surface area (Å²) in [6.07, 6.45) is 1.18. The molecule has 0 fully saturated rings. The van der Waals surface area contributed by atoms with Gasteiger partial charge < -0.3 is 10.8 Å². The number of nitrogens with two attached hydrogens (primary N) is 1. The van der Waals surface area contributed by atoms with Crippen molar-refractivity contribution in [3.8, 4) is 5.75 Å². The van der Waals surface area contributed by atoms with E-state index in [1.54, 1.807) is 18.2 Å². The Balaban J connectivity index is 2.40. The van der Waals surface area contributed by atoms with Crippen LogP contribution in [0.3, 0.4) is 0 Å². The van der Waals surface area contributed by atoms with Crippen LogP contribution in [0.4, 0.5) is 11.4 Å². The van der Waals surface area contributed by atoms with Crippen LogP contribution in [-0.4, -0.2) is 17.0 Å². The van der Waals surface area contributed by atoms with Crippen LogP contribution in [0.5, 0.6) is 5.75 Å². The van der Waals surface area contributed by atoms with Crippen LogP contribution in [0.2, 0.25) is 0 Å². The van der Waals surface area contributed by atoms with Gasteiger partial charge in [0.15, 0.2) is 0 Å². The molecule has 7 heteroatoms. The van der Waals surface area contributed by atoms with Crippen LogP contribution in [0.25, 0.3) is 0 Å². The van der Waals surface area contributed by atoms with Gasteiger partial charge in [0.05, 0.1) is 16.2 Å². The van der Waals surface area contributed by atoms with Crippen LogP contribution >= 0.6 is 0 Å². The molecule has 0 aliphatic carbocycles. The fourth-order valence-corrected chi connectivity index (χ4v) is 1.68. The Morgan fingerprint density at radius 2 is 1.95 bits per heavy atom. The molecule has 106 valence electrons. The molecule has 2 rings (SSSR count). The summed E-state index contributed by atoms with van der Waals surface area (Å²) in [4.78, 5) is 25.3. The van der Waals surface area contributed by atoms with Crippen LogP contribution < -0.4 is 10.8 Å². The average Bonchev–Trinajstić information content (AvgIpc) is 2.46. The van der Waals surface area contributed by atoms with Gasteiger partial charge in [0.1, 0.15) is 0 Å². The van der Waals surface area contributed by atoms with Gasteiger partial charge in [-0.3, -0.25) is 19.9 Å². The van der Waals surface area contributed by atoms with Gasteiger partial charge in [-0.2, -0.15) is 0 Å². The van der Waals surface area contributed by atoms with Crippen molar-refractivity contribution in [2.24, 2.45) is 10.7 Å². The minimum absolute atomic E-state index is 0.0588. The number of hydrogen-bond acceptors (Lipinski definition) is 5. The molecule has 0 atom stereocenters. The van der Waals surface area contributed by atoms with Crippen molar-refractivity contribution in [3.05, 3.63) is 63.7 Å². The number of para-hydroxylation sites is 1. The van der Waals surface area contributed by atoms with E-state index in [1.165, 1.54) is 12.3 Å². The van der Waals surface area contributed by atoms with E-state index in [0.29, 0.717) is 0 Å². The minimum Gasteiger partial charge on any atom is -0.872 e. The second-order valence-corrected chi connectivity index (χ2v) is 4.12. The number of benzene rings is 2. The normalized spacial score (nSPS) is 10.7. The van der Waals surface area contributed by atoms with Gasteiger partial charge in [0, 0.05) is 18.3 Å². The standard InChI is InChI=1S/C14H11N3O4/c15-14(19)11-3-1-2-4-12(11)16-8-9-7-10(17(20)21)5-6-13(9)18/h1-8,18H,(H2,15,19)/p-1. The molecule has 21 heavy (non-hydrogen) atoms. The second-order valence-electron chi connectivity index (χ2n) is 4.12. The lowest BCUT2D eigenvalue weighted by Crippen LogP contribution is -2.10. The van der Waals surface area contributed by atoms with Gasteiger partial charge in [-0.1, -0.05) is 23.9 Å². The predicted octanol–water partition coefficient (Wildman–Crippen LogP) is 1.52. The van der Waals surface area contributed by atoms with E-state index < -0.39 is 16.6 Å². The Bertz CT molecular complexity index is 741. The van der Waals surface area contributed by atoms with E-state index >= 15 is 0 Å². The van der Waals surface area contributed by atoms with Crippen molar-refractivity contribution in [3.63, 3.8) is 0 Å². The third-order valence-corrected chi connectivity index (χ3v) is 2.72. The molecule has 0 unspecified atom stereocenters. The molecule has 2 N–H and O–H groups in total. The lowest BCUT2D eigenvalue weighted by molar-refractivity contribution is -0.385. The Labute approximate surface area is 119 Å². The molecule has 0 heterocycles. The fraction of sp³-hybridized carbons (Fsp3) is 0. The van der Waals surface area contributed by atoms with E-state index in [-0.39, 0.29) is 22.5 Å². The van der Waals surface area contributed by atoms with Crippen molar-refractivity contribution in [2.75, 3.05) is 0 Å². The first-order valence-electron chi connectivity index (χ1n) is 5.87. The summed E-state index contributed by atoms with van der Waals surface area (Å²) in [6, 6.07) is 9.68. The first kappa shape index (κ1) is 14.2. The Morgan fingerprint density at radius 1 is 1.24 bits per heavy atom. The minimum atomic E-state index is -0.649. The van der Waals surface area contributed by atoms with E-state index in [0.717, 1.165) is 18.2 Å². The van der Waals surface area contributed by atoms with Gasteiger partial charge >= 0.3 is 0 Å². The molecule has 1 amide bonds. The zero-order valence-corrected chi connectivity index (χ0v) is 10.7. The number of carbonyl (C=O) groups excluding carboxylic acids is 1. The summed E-state index contributed by atoms with van der Waals surface area (Å²) >= 11 is 0. The lowest BCUT2D eigenvalue weighted by atomic mass is 10.1. The highest BCUT2D eigenvalue weighted by Gasteiger charge is 2.07. The third-order valence-electron chi connectivity index (χ3n) is 2.72. The summed E-state index contributed by atoms with van der Waals surface area (Å²) in [5.41, 5.74) is 5.55. The molecule has 0 aliphatic heterocycles. The Kier molecular flexibility index (Phi) is 3.94. The molecule has 0 aliphatic rings. The zero-order valence-electron chi connectivity index (χ0n) is 10.7. The van der Waals surface area contributed by atoms with Crippen molar-refractivity contribution in [1.82, 2.24) is 0 Å². The number of rotatable bonds is 4. The maximum absolute atomic E-state index is 11.6. The number of nitro groups is 1. The van der Waals surface area contributed by atoms with Crippen LogP contribution in [0, 0.1) is 10.1 Å². The third kappa shape index (κ3) is 3.21. The first-order chi connectivity index (χ1) is 9.99. The summed E-state index contributed by atoms with van der Waals surface area (Å²) in [6.45, 7) is 0. The van der Waals surface area contributed by atoms with Gasteiger partial charge in [0.25, 0.3) is 11.6 Å². The van der Waals surface area contributed by atoms with E-state index in [1.807, 2.05) is 0 Å². The SMILES string of the molecule is NC(=O)c1ccccc1N=Cc1cc([N+](=O)[O-])ccc1[O-]. The molecular weight excluding hydrogens is 274 g/mol. The predicted molar refractivity (Wildman–Crippen MR) is 74.8 cm³/mol. The van der Waals surface area contributed by atoms with Crippen molar-refractivity contribution in [2.45, 2.75) is 0 Å². The van der Waals surface area contributed by atoms with Gasteiger partial charge in [-0.15, -0.1) is 0 Å². The molecule has 2 aromatic rings. The highest BCUT2D eigenvalue weighted by molar-refractivity contribution is 5.99. The van der Waals surface area contributed by atoms with Gasteiger partial charge in [-0.25, -0.2) is 0 Å². The van der Waals surface area contributed by atoms with Crippen LogP contribution in [-0.2, 0) is 0 Å². The topological polar surface area (TPSA) is 122 Å². The zero-order chi connectivity index (χ0) is 15.4. The Hall–Kier alpha value is -3.22. The van der Waals surface area contributed by atoms with Gasteiger partial charge in [0.2, 0.25) is 0 Å². The molecular formula is C14H10N3O4-. The number of amides is 1. The molecule has 2 aromatic carbocycles. The Morgan fingerprint density at radius 3 is 2.62 bits per heavy atom. The monoisotopic (exact) mass is 284 g/mol. The van der Waals surface area contributed by atoms with Crippen molar-refractivity contribution in [1.29, 1.82) is 0 Å². The number of nitrogens with zero attached hydrogens (tertiary/aromatic N) is 2. The fourth-order valence-electron chi connectivity index (χ4n) is 1.68. The first-order valence-corrected chi connectivity index (χ1v) is 5.87. The highest BCUT2D eigenvalue weighted by Crippen LogP contribution is 2.22. The smallest absolute Gasteiger partial charge is 0.270 e. The number of primary amides is 1. The number of nitro benzene ring substituents is 1. The molecule has 0 spiro atoms. The molecule has 0 bridgehead atoms. The lowest BCUT2D eigenvalue weighted by Gasteiger charge is -2.08. The molecule has 7 nitrogen and oxygen atoms in total. The number of carbonyl (C=O) groups is 1. The van der Waals surface area contributed by atoms with E-state index in [9.17, 15) is 20.0 Å². The van der Waals surface area contributed by atoms with Gasteiger partial charge in [-0.05, 0) is 17.7 Å². The number of aliphatic imine (C=N–C) groups is 1. The van der Waals surface area contributed by atoms with Crippen LogP contribution in [0.15, 0.2) is 47.5 Å². The summed E-state index contributed by atoms with van der Waals surface area (Å²) in [5, 5.41) is 22.3. The van der Waals surface area contributed by atoms with Crippen molar-refractivity contribution >= 4 is 23.5 Å². The van der Waals surface area contributed by atoms with Crippen LogP contribution in [0.1, 0.15) is 15.9 Å². The van der Waals surface area contributed by atoms with E-state index in [4.69, 9.17) is 5.73 Å². The summed E-state index contributed by atoms with van der Waals surface area (Å²) in [7, 11) is 0. The molecule has 0 saturated heterocycles. The quantitative estimate of drug-likeness (QED) is 0.519.